The number of hydrogen-bond acceptors (Lipinski definition) is 4. The molecule has 1 saturated heterocycles. The summed E-state index contributed by atoms with van der Waals surface area (Å²) in [6.45, 7) is 8.20. The van der Waals surface area contributed by atoms with Crippen molar-refractivity contribution in [3.05, 3.63) is 65.2 Å². The molecule has 1 aliphatic heterocycles. The van der Waals surface area contributed by atoms with Crippen LogP contribution in [0.2, 0.25) is 5.02 Å². The van der Waals surface area contributed by atoms with E-state index in [1.54, 1.807) is 13.2 Å². The van der Waals surface area contributed by atoms with E-state index >= 15 is 0 Å². The number of aromatic hydroxyl groups is 1. The monoisotopic (exact) mass is 372 g/mol. The van der Waals surface area contributed by atoms with Crippen LogP contribution >= 0.6 is 11.6 Å². The van der Waals surface area contributed by atoms with Crippen LogP contribution in [0.25, 0.3) is 0 Å². The van der Waals surface area contributed by atoms with Crippen LogP contribution in [0, 0.1) is 0 Å². The summed E-state index contributed by atoms with van der Waals surface area (Å²) in [5.74, 6) is 1.12. The number of phenols is 1. The van der Waals surface area contributed by atoms with Gasteiger partial charge in [-0.3, -0.25) is 4.90 Å². The zero-order valence-electron chi connectivity index (χ0n) is 15.1. The summed E-state index contributed by atoms with van der Waals surface area (Å²) < 4.78 is 5.39. The summed E-state index contributed by atoms with van der Waals surface area (Å²) in [5, 5.41) is 11.3. The highest BCUT2D eigenvalue weighted by Crippen LogP contribution is 2.30. The molecule has 0 radical (unpaired) electrons. The predicted octanol–water partition coefficient (Wildman–Crippen LogP) is 4.10. The van der Waals surface area contributed by atoms with Crippen molar-refractivity contribution < 1.29 is 9.84 Å². The van der Waals surface area contributed by atoms with Gasteiger partial charge in [0.2, 0.25) is 0 Å². The van der Waals surface area contributed by atoms with Crippen molar-refractivity contribution in [2.75, 3.05) is 38.2 Å². The average molecular weight is 373 g/mol. The summed E-state index contributed by atoms with van der Waals surface area (Å²) in [5.41, 5.74) is 2.92. The highest BCUT2D eigenvalue weighted by atomic mass is 35.5. The molecule has 0 bridgehead atoms. The van der Waals surface area contributed by atoms with Gasteiger partial charge in [0.15, 0.2) is 0 Å². The van der Waals surface area contributed by atoms with Gasteiger partial charge in [-0.25, -0.2) is 0 Å². The van der Waals surface area contributed by atoms with Crippen LogP contribution in [0.4, 0.5) is 5.69 Å². The van der Waals surface area contributed by atoms with Crippen molar-refractivity contribution in [3.8, 4) is 11.5 Å². The summed E-state index contributed by atoms with van der Waals surface area (Å²) in [6, 6.07) is 11.8. The lowest BCUT2D eigenvalue weighted by Gasteiger charge is -2.36. The average Bonchev–Trinajstić information content (AvgIpc) is 2.65. The summed E-state index contributed by atoms with van der Waals surface area (Å²) >= 11 is 6.10. The van der Waals surface area contributed by atoms with Gasteiger partial charge in [-0.05, 0) is 36.8 Å². The van der Waals surface area contributed by atoms with Crippen LogP contribution < -0.4 is 9.64 Å². The first-order valence-corrected chi connectivity index (χ1v) is 9.21. The topological polar surface area (TPSA) is 35.9 Å². The number of anilines is 1. The lowest BCUT2D eigenvalue weighted by molar-refractivity contribution is 0.246. The fourth-order valence-electron chi connectivity index (χ4n) is 3.36. The van der Waals surface area contributed by atoms with Crippen molar-refractivity contribution in [1.82, 2.24) is 4.90 Å². The van der Waals surface area contributed by atoms with Gasteiger partial charge in [0.05, 0.1) is 7.11 Å². The molecule has 1 aliphatic rings. The fraction of sp³-hybridized carbons (Fsp3) is 0.333. The lowest BCUT2D eigenvalue weighted by Crippen LogP contribution is -2.46. The molecule has 3 rings (SSSR count). The SMILES string of the molecule is C=CCc1cc(OC)cc(CN2CCN(c3cccc(Cl)c3)CC2)c1O. The molecule has 26 heavy (non-hydrogen) atoms. The Balaban J connectivity index is 1.67. The Morgan fingerprint density at radius 2 is 1.88 bits per heavy atom. The highest BCUT2D eigenvalue weighted by molar-refractivity contribution is 6.30. The van der Waals surface area contributed by atoms with Gasteiger partial charge in [0.1, 0.15) is 11.5 Å². The number of hydrogen-bond donors (Lipinski definition) is 1. The molecule has 0 atom stereocenters. The quantitative estimate of drug-likeness (QED) is 0.774. The van der Waals surface area contributed by atoms with E-state index in [-0.39, 0.29) is 0 Å². The molecule has 0 aliphatic carbocycles. The van der Waals surface area contributed by atoms with Gasteiger partial charge >= 0.3 is 0 Å². The number of ether oxygens (including phenoxy) is 1. The number of halogens is 1. The fourth-order valence-corrected chi connectivity index (χ4v) is 3.54. The van der Waals surface area contributed by atoms with Gasteiger partial charge in [-0.1, -0.05) is 23.7 Å². The van der Waals surface area contributed by atoms with Crippen LogP contribution in [0.15, 0.2) is 49.1 Å². The third kappa shape index (κ3) is 4.32. The van der Waals surface area contributed by atoms with E-state index in [0.29, 0.717) is 18.7 Å². The minimum atomic E-state index is 0.350. The van der Waals surface area contributed by atoms with Gasteiger partial charge in [-0.15, -0.1) is 6.58 Å². The molecular weight excluding hydrogens is 348 g/mol. The van der Waals surface area contributed by atoms with Crippen LogP contribution in [0.3, 0.4) is 0 Å². The Bertz CT molecular complexity index is 771. The lowest BCUT2D eigenvalue weighted by atomic mass is 10.0. The zero-order valence-corrected chi connectivity index (χ0v) is 15.9. The molecule has 1 heterocycles. The van der Waals surface area contributed by atoms with Crippen molar-refractivity contribution in [3.63, 3.8) is 0 Å². The molecule has 0 unspecified atom stereocenters. The van der Waals surface area contributed by atoms with E-state index in [1.165, 1.54) is 0 Å². The molecular formula is C21H25ClN2O2. The maximum atomic E-state index is 10.6. The van der Waals surface area contributed by atoms with Crippen LogP contribution in [-0.4, -0.2) is 43.3 Å². The second kappa shape index (κ2) is 8.47. The minimum absolute atomic E-state index is 0.350. The van der Waals surface area contributed by atoms with Crippen molar-refractivity contribution >= 4 is 17.3 Å². The molecule has 0 saturated carbocycles. The van der Waals surface area contributed by atoms with E-state index in [4.69, 9.17) is 16.3 Å². The highest BCUT2D eigenvalue weighted by Gasteiger charge is 2.19. The Kier molecular flexibility index (Phi) is 6.07. The largest absolute Gasteiger partial charge is 0.507 e. The zero-order chi connectivity index (χ0) is 18.5. The number of nitrogens with zero attached hydrogens (tertiary/aromatic N) is 2. The van der Waals surface area contributed by atoms with Crippen molar-refractivity contribution in [1.29, 1.82) is 0 Å². The maximum Gasteiger partial charge on any atom is 0.123 e. The Labute approximate surface area is 160 Å². The van der Waals surface area contributed by atoms with E-state index in [0.717, 1.165) is 53.8 Å². The summed E-state index contributed by atoms with van der Waals surface area (Å²) in [6.07, 6.45) is 2.42. The minimum Gasteiger partial charge on any atom is -0.507 e. The van der Waals surface area contributed by atoms with Crippen LogP contribution in [-0.2, 0) is 13.0 Å². The number of methoxy groups -OCH3 is 1. The molecule has 1 N–H and O–H groups in total. The molecule has 2 aromatic rings. The second-order valence-corrected chi connectivity index (χ2v) is 6.97. The van der Waals surface area contributed by atoms with E-state index in [9.17, 15) is 5.11 Å². The van der Waals surface area contributed by atoms with Gasteiger partial charge < -0.3 is 14.7 Å². The van der Waals surface area contributed by atoms with Crippen molar-refractivity contribution in [2.45, 2.75) is 13.0 Å². The molecule has 4 nitrogen and oxygen atoms in total. The normalized spacial score (nSPS) is 15.1. The second-order valence-electron chi connectivity index (χ2n) is 6.53. The van der Waals surface area contributed by atoms with Gasteiger partial charge in [-0.2, -0.15) is 0 Å². The molecule has 2 aromatic carbocycles. The molecule has 138 valence electrons. The number of allylic oxidation sites excluding steroid dienone is 1. The molecule has 1 fully saturated rings. The van der Waals surface area contributed by atoms with Crippen molar-refractivity contribution in [2.24, 2.45) is 0 Å². The Morgan fingerprint density at radius 1 is 1.15 bits per heavy atom. The molecule has 0 amide bonds. The van der Waals surface area contributed by atoms with E-state index < -0.39 is 0 Å². The molecule has 0 spiro atoms. The number of rotatable bonds is 6. The van der Waals surface area contributed by atoms with Gasteiger partial charge in [0.25, 0.3) is 0 Å². The number of piperazine rings is 1. The standard InChI is InChI=1S/C21H25ClN2O2/c1-3-5-16-12-20(26-2)13-17(21(16)25)15-23-8-10-24(11-9-23)19-7-4-6-18(22)14-19/h3-4,6-7,12-14,25H,1,5,8-11,15H2,2H3. The van der Waals surface area contributed by atoms with E-state index in [2.05, 4.69) is 22.4 Å². The Hall–Kier alpha value is -2.17. The van der Waals surface area contributed by atoms with Crippen LogP contribution in [0.5, 0.6) is 11.5 Å². The third-order valence-electron chi connectivity index (χ3n) is 4.78. The maximum absolute atomic E-state index is 10.6. The van der Waals surface area contributed by atoms with Gasteiger partial charge in [0, 0.05) is 54.6 Å². The number of benzene rings is 2. The third-order valence-corrected chi connectivity index (χ3v) is 5.02. The first-order chi connectivity index (χ1) is 12.6. The van der Waals surface area contributed by atoms with Crippen LogP contribution in [0.1, 0.15) is 11.1 Å². The van der Waals surface area contributed by atoms with E-state index in [1.807, 2.05) is 30.3 Å². The molecule has 5 heteroatoms. The number of phenolic OH excluding ortho intramolecular Hbond substituents is 1. The first-order valence-electron chi connectivity index (χ1n) is 8.83. The first kappa shape index (κ1) is 18.6. The summed E-state index contributed by atoms with van der Waals surface area (Å²) in [4.78, 5) is 4.70. The Morgan fingerprint density at radius 3 is 2.54 bits per heavy atom. The summed E-state index contributed by atoms with van der Waals surface area (Å²) in [7, 11) is 1.65. The predicted molar refractivity (Wildman–Crippen MR) is 108 cm³/mol. The molecule has 0 aromatic heterocycles. The smallest absolute Gasteiger partial charge is 0.123 e.